The minimum atomic E-state index is -1.23. The van der Waals surface area contributed by atoms with Gasteiger partial charge in [0.25, 0.3) is 0 Å². The summed E-state index contributed by atoms with van der Waals surface area (Å²) in [5.74, 6) is -3.77. The molecule has 0 aromatic heterocycles. The van der Waals surface area contributed by atoms with Crippen LogP contribution in [0.4, 0.5) is 0 Å². The lowest BCUT2D eigenvalue weighted by Crippen LogP contribution is -2.59. The number of nitrogens with zero attached hydrogens (tertiary/aromatic N) is 1. The number of aliphatic carboxylic acids is 1. The van der Waals surface area contributed by atoms with Crippen molar-refractivity contribution >= 4 is 42.3 Å². The zero-order valence-corrected chi connectivity index (χ0v) is 19.9. The number of carbonyl (C=O) groups is 4. The van der Waals surface area contributed by atoms with Crippen LogP contribution < -0.4 is 33.2 Å². The van der Waals surface area contributed by atoms with Crippen LogP contribution in [0.1, 0.15) is 40.5 Å². The summed E-state index contributed by atoms with van der Waals surface area (Å²) in [6, 6.07) is -4.01. The maximum absolute atomic E-state index is 12.9. The van der Waals surface area contributed by atoms with Gasteiger partial charge in [-0.3, -0.25) is 19.4 Å². The van der Waals surface area contributed by atoms with Crippen molar-refractivity contribution < 1.29 is 24.3 Å². The van der Waals surface area contributed by atoms with E-state index in [-0.39, 0.29) is 23.5 Å². The second-order valence-electron chi connectivity index (χ2n) is 8.10. The predicted octanol–water partition coefficient (Wildman–Crippen LogP) is -1.85. The second kappa shape index (κ2) is 14.5. The van der Waals surface area contributed by atoms with E-state index in [1.54, 1.807) is 27.7 Å². The molecule has 4 atom stereocenters. The molecule has 0 aromatic carbocycles. The van der Waals surface area contributed by atoms with Crippen LogP contribution in [0.15, 0.2) is 4.99 Å². The van der Waals surface area contributed by atoms with Gasteiger partial charge < -0.3 is 38.3 Å². The van der Waals surface area contributed by atoms with Crippen molar-refractivity contribution in [3.63, 3.8) is 0 Å². The topological polar surface area (TPSA) is 215 Å². The van der Waals surface area contributed by atoms with E-state index in [1.807, 2.05) is 0 Å². The molecule has 0 fully saturated rings. The largest absolute Gasteiger partial charge is 0.480 e. The maximum atomic E-state index is 12.9. The van der Waals surface area contributed by atoms with E-state index in [0.717, 1.165) is 0 Å². The Labute approximate surface area is 193 Å². The number of guanidine groups is 1. The van der Waals surface area contributed by atoms with Gasteiger partial charge in [0, 0.05) is 12.3 Å². The molecule has 10 N–H and O–H groups in total. The third-order valence-electron chi connectivity index (χ3n) is 4.60. The van der Waals surface area contributed by atoms with E-state index >= 15 is 0 Å². The fourth-order valence-corrected chi connectivity index (χ4v) is 2.92. The molecule has 0 aliphatic heterocycles. The minimum absolute atomic E-state index is 0.0487. The van der Waals surface area contributed by atoms with E-state index in [0.29, 0.717) is 19.4 Å². The van der Waals surface area contributed by atoms with E-state index in [4.69, 9.17) is 22.3 Å². The Kier molecular flexibility index (Phi) is 13.4. The Hall–Kier alpha value is -2.54. The number of carboxylic acids is 1. The number of rotatable bonds is 14. The molecule has 0 rings (SSSR count). The highest BCUT2D eigenvalue weighted by molar-refractivity contribution is 7.80. The highest BCUT2D eigenvalue weighted by Gasteiger charge is 2.32. The summed E-state index contributed by atoms with van der Waals surface area (Å²) in [6.45, 7) is 7.21. The van der Waals surface area contributed by atoms with Gasteiger partial charge in [0.1, 0.15) is 18.1 Å². The first-order valence-electron chi connectivity index (χ1n) is 10.4. The maximum Gasteiger partial charge on any atom is 0.327 e. The molecule has 0 saturated heterocycles. The standard InChI is InChI=1S/C19H37N7O5S/c1-9(2)13(16(28)24-12(8-32)18(30)31)26-17(29)14(10(3)4)25-15(27)11(20)6-5-7-23-19(21)22/h9-14,32H,5-8,20H2,1-4H3,(H,24,28)(H,25,27)(H,26,29)(H,30,31)(H4,21,22,23). The highest BCUT2D eigenvalue weighted by Crippen LogP contribution is 2.08. The molecule has 13 heteroatoms. The highest BCUT2D eigenvalue weighted by atomic mass is 32.1. The molecule has 0 aromatic rings. The molecule has 184 valence electrons. The minimum Gasteiger partial charge on any atom is -0.480 e. The first kappa shape index (κ1) is 29.5. The second-order valence-corrected chi connectivity index (χ2v) is 8.46. The number of nitrogens with two attached hydrogens (primary N) is 3. The van der Waals surface area contributed by atoms with Crippen molar-refractivity contribution in [1.82, 2.24) is 16.0 Å². The van der Waals surface area contributed by atoms with Crippen molar-refractivity contribution in [3.05, 3.63) is 0 Å². The van der Waals surface area contributed by atoms with Gasteiger partial charge in [-0.15, -0.1) is 0 Å². The van der Waals surface area contributed by atoms with Crippen molar-refractivity contribution in [1.29, 1.82) is 0 Å². The monoisotopic (exact) mass is 475 g/mol. The van der Waals surface area contributed by atoms with Gasteiger partial charge in [-0.2, -0.15) is 12.6 Å². The number of nitrogens with one attached hydrogen (secondary N) is 3. The van der Waals surface area contributed by atoms with Gasteiger partial charge in [-0.25, -0.2) is 4.79 Å². The zero-order chi connectivity index (χ0) is 25.0. The van der Waals surface area contributed by atoms with Crippen LogP contribution in [0.25, 0.3) is 0 Å². The summed E-state index contributed by atoms with van der Waals surface area (Å²) in [4.78, 5) is 52.8. The third-order valence-corrected chi connectivity index (χ3v) is 4.96. The Bertz CT molecular complexity index is 683. The number of thiol groups is 1. The SMILES string of the molecule is CC(C)C(NC(=O)C(N)CCCN=C(N)N)C(=O)NC(C(=O)NC(CS)C(=O)O)C(C)C. The van der Waals surface area contributed by atoms with Crippen LogP contribution in [-0.4, -0.2) is 71.2 Å². The molecule has 0 saturated carbocycles. The average Bonchev–Trinajstić information content (AvgIpc) is 2.69. The number of hydrogen-bond acceptors (Lipinski definition) is 7. The lowest BCUT2D eigenvalue weighted by molar-refractivity contribution is -0.142. The lowest BCUT2D eigenvalue weighted by Gasteiger charge is -2.28. The smallest absolute Gasteiger partial charge is 0.327 e. The summed E-state index contributed by atoms with van der Waals surface area (Å²) < 4.78 is 0. The molecule has 0 spiro atoms. The Morgan fingerprint density at radius 1 is 0.906 bits per heavy atom. The molecule has 0 bridgehead atoms. The number of amides is 3. The van der Waals surface area contributed by atoms with Gasteiger partial charge in [0.15, 0.2) is 5.96 Å². The van der Waals surface area contributed by atoms with E-state index in [2.05, 4.69) is 33.6 Å². The van der Waals surface area contributed by atoms with Crippen LogP contribution in [0.3, 0.4) is 0 Å². The van der Waals surface area contributed by atoms with Crippen molar-refractivity contribution in [3.8, 4) is 0 Å². The lowest BCUT2D eigenvalue weighted by atomic mass is 9.99. The fourth-order valence-electron chi connectivity index (χ4n) is 2.67. The van der Waals surface area contributed by atoms with Crippen LogP contribution in [0.2, 0.25) is 0 Å². The summed E-state index contributed by atoms with van der Waals surface area (Å²) >= 11 is 3.91. The van der Waals surface area contributed by atoms with E-state index < -0.39 is 47.9 Å². The van der Waals surface area contributed by atoms with Gasteiger partial charge in [-0.1, -0.05) is 27.7 Å². The molecule has 3 amide bonds. The average molecular weight is 476 g/mol. The quantitative estimate of drug-likeness (QED) is 0.0616. The summed E-state index contributed by atoms with van der Waals surface area (Å²) in [5, 5.41) is 16.7. The fraction of sp³-hybridized carbons (Fsp3) is 0.737. The number of aliphatic imine (C=N–C) groups is 1. The molecule has 0 heterocycles. The molecule has 0 aliphatic rings. The zero-order valence-electron chi connectivity index (χ0n) is 19.0. The molecule has 0 aliphatic carbocycles. The molecular formula is C19H37N7O5S. The van der Waals surface area contributed by atoms with Crippen LogP contribution >= 0.6 is 12.6 Å². The number of carboxylic acid groups (broad SMARTS) is 1. The summed E-state index contributed by atoms with van der Waals surface area (Å²) in [6.07, 6.45) is 0.795. The van der Waals surface area contributed by atoms with E-state index in [9.17, 15) is 19.2 Å². The summed E-state index contributed by atoms with van der Waals surface area (Å²) in [5.41, 5.74) is 16.4. The van der Waals surface area contributed by atoms with Crippen LogP contribution in [-0.2, 0) is 19.2 Å². The van der Waals surface area contributed by atoms with E-state index in [1.165, 1.54) is 0 Å². The molecule has 32 heavy (non-hydrogen) atoms. The first-order chi connectivity index (χ1) is 14.8. The van der Waals surface area contributed by atoms with Gasteiger partial charge in [0.05, 0.1) is 6.04 Å². The van der Waals surface area contributed by atoms with Crippen molar-refractivity contribution in [2.24, 2.45) is 34.0 Å². The molecule has 0 radical (unpaired) electrons. The normalized spacial score (nSPS) is 14.8. The Morgan fingerprint density at radius 3 is 1.78 bits per heavy atom. The van der Waals surface area contributed by atoms with Crippen LogP contribution in [0, 0.1) is 11.8 Å². The predicted molar refractivity (Wildman–Crippen MR) is 125 cm³/mol. The number of carbonyl (C=O) groups excluding carboxylic acids is 3. The van der Waals surface area contributed by atoms with Crippen molar-refractivity contribution in [2.75, 3.05) is 12.3 Å². The van der Waals surface area contributed by atoms with Gasteiger partial charge in [0.2, 0.25) is 17.7 Å². The Balaban J connectivity index is 5.14. The van der Waals surface area contributed by atoms with Gasteiger partial charge in [-0.05, 0) is 24.7 Å². The Morgan fingerprint density at radius 2 is 1.38 bits per heavy atom. The molecule has 12 nitrogen and oxygen atoms in total. The first-order valence-corrected chi connectivity index (χ1v) is 11.0. The third kappa shape index (κ3) is 10.7. The number of hydrogen-bond donors (Lipinski definition) is 8. The van der Waals surface area contributed by atoms with Crippen LogP contribution in [0.5, 0.6) is 0 Å². The van der Waals surface area contributed by atoms with Crippen molar-refractivity contribution in [2.45, 2.75) is 64.7 Å². The summed E-state index contributed by atoms with van der Waals surface area (Å²) in [7, 11) is 0. The molecule has 4 unspecified atom stereocenters. The van der Waals surface area contributed by atoms with Gasteiger partial charge >= 0.3 is 5.97 Å². The molecular weight excluding hydrogens is 438 g/mol.